The summed E-state index contributed by atoms with van der Waals surface area (Å²) >= 11 is 0. The van der Waals surface area contributed by atoms with Gasteiger partial charge >= 0.3 is 11.6 Å². The Morgan fingerprint density at radius 1 is 1.43 bits per heavy atom. The van der Waals surface area contributed by atoms with E-state index >= 15 is 0 Å². The molecule has 5 nitrogen and oxygen atoms in total. The highest BCUT2D eigenvalue weighted by Crippen LogP contribution is 2.24. The van der Waals surface area contributed by atoms with Crippen molar-refractivity contribution >= 4 is 16.9 Å². The van der Waals surface area contributed by atoms with E-state index in [4.69, 9.17) is 9.15 Å². The summed E-state index contributed by atoms with van der Waals surface area (Å²) in [6, 6.07) is 4.94. The quantitative estimate of drug-likeness (QED) is 0.531. The Morgan fingerprint density at radius 2 is 2.14 bits per heavy atom. The number of fused-ring (bicyclic) bond motifs is 1. The van der Waals surface area contributed by atoms with Gasteiger partial charge in [-0.1, -0.05) is 6.92 Å². The Bertz CT molecular complexity index is 727. The molecule has 0 bridgehead atoms. The van der Waals surface area contributed by atoms with Crippen LogP contribution in [-0.4, -0.2) is 17.2 Å². The third-order valence-electron chi connectivity index (χ3n) is 3.28. The van der Waals surface area contributed by atoms with E-state index in [1.54, 1.807) is 26.0 Å². The molecule has 0 saturated heterocycles. The lowest BCUT2D eigenvalue weighted by Gasteiger charge is -2.10. The fourth-order valence-corrected chi connectivity index (χ4v) is 2.17. The molecule has 112 valence electrons. The van der Waals surface area contributed by atoms with Gasteiger partial charge in [-0.25, -0.2) is 4.79 Å². The predicted molar refractivity (Wildman–Crippen MR) is 78.5 cm³/mol. The molecule has 1 aromatic carbocycles. The summed E-state index contributed by atoms with van der Waals surface area (Å²) in [5, 5.41) is 10.2. The molecule has 21 heavy (non-hydrogen) atoms. The van der Waals surface area contributed by atoms with Gasteiger partial charge in [0.05, 0.1) is 6.10 Å². The SMILES string of the molecule is CCC(=O)Oc1ccc2c(C)c(CC(C)O)c(=O)oc2c1. The number of carbonyl (C=O) groups excluding carboxylic acids is 1. The number of carbonyl (C=O) groups is 1. The van der Waals surface area contributed by atoms with Gasteiger partial charge in [0.2, 0.25) is 0 Å². The van der Waals surface area contributed by atoms with Crippen LogP contribution < -0.4 is 10.4 Å². The lowest BCUT2D eigenvalue weighted by molar-refractivity contribution is -0.134. The molecule has 0 radical (unpaired) electrons. The summed E-state index contributed by atoms with van der Waals surface area (Å²) < 4.78 is 10.4. The van der Waals surface area contributed by atoms with E-state index in [1.807, 2.05) is 6.92 Å². The number of aliphatic hydroxyl groups excluding tert-OH is 1. The summed E-state index contributed by atoms with van der Waals surface area (Å²) in [6.07, 6.45) is -0.0980. The van der Waals surface area contributed by atoms with Crippen LogP contribution in [0.2, 0.25) is 0 Å². The van der Waals surface area contributed by atoms with Crippen LogP contribution in [0, 0.1) is 6.92 Å². The van der Waals surface area contributed by atoms with Crippen molar-refractivity contribution < 1.29 is 19.1 Å². The zero-order valence-corrected chi connectivity index (χ0v) is 12.3. The average molecular weight is 290 g/mol. The summed E-state index contributed by atoms with van der Waals surface area (Å²) in [6.45, 7) is 5.14. The molecular weight excluding hydrogens is 272 g/mol. The second-order valence-electron chi connectivity index (χ2n) is 5.03. The molecule has 0 fully saturated rings. The van der Waals surface area contributed by atoms with E-state index in [9.17, 15) is 14.7 Å². The van der Waals surface area contributed by atoms with Crippen LogP contribution in [0.3, 0.4) is 0 Å². The van der Waals surface area contributed by atoms with Crippen molar-refractivity contribution in [3.63, 3.8) is 0 Å². The second kappa shape index (κ2) is 6.10. The standard InChI is InChI=1S/C16H18O5/c1-4-15(18)20-11-5-6-12-10(3)13(7-9(2)17)16(19)21-14(12)8-11/h5-6,8-9,17H,4,7H2,1-3H3. The van der Waals surface area contributed by atoms with Gasteiger partial charge in [-0.2, -0.15) is 0 Å². The van der Waals surface area contributed by atoms with Crippen LogP contribution in [0.4, 0.5) is 0 Å². The Balaban J connectivity index is 2.51. The van der Waals surface area contributed by atoms with Crippen molar-refractivity contribution in [3.05, 3.63) is 39.7 Å². The minimum atomic E-state index is -0.617. The van der Waals surface area contributed by atoms with Gasteiger partial charge in [0.25, 0.3) is 0 Å². The van der Waals surface area contributed by atoms with Gasteiger partial charge in [0.15, 0.2) is 0 Å². The molecule has 0 aliphatic heterocycles. The van der Waals surface area contributed by atoms with Crippen molar-refractivity contribution in [1.82, 2.24) is 0 Å². The molecule has 0 aliphatic rings. The molecule has 1 unspecified atom stereocenters. The highest BCUT2D eigenvalue weighted by atomic mass is 16.5. The van der Waals surface area contributed by atoms with E-state index < -0.39 is 11.7 Å². The van der Waals surface area contributed by atoms with Gasteiger partial charge < -0.3 is 14.3 Å². The largest absolute Gasteiger partial charge is 0.426 e. The third kappa shape index (κ3) is 3.31. The first kappa shape index (κ1) is 15.3. The van der Waals surface area contributed by atoms with Crippen molar-refractivity contribution in [2.45, 2.75) is 39.7 Å². The minimum Gasteiger partial charge on any atom is -0.426 e. The maximum atomic E-state index is 12.0. The number of hydrogen-bond donors (Lipinski definition) is 1. The lowest BCUT2D eigenvalue weighted by atomic mass is 10.0. The van der Waals surface area contributed by atoms with Crippen molar-refractivity contribution in [2.75, 3.05) is 0 Å². The Morgan fingerprint density at radius 3 is 2.76 bits per heavy atom. The lowest BCUT2D eigenvalue weighted by Crippen LogP contribution is -2.16. The zero-order valence-electron chi connectivity index (χ0n) is 12.3. The van der Waals surface area contributed by atoms with E-state index in [0.717, 1.165) is 10.9 Å². The van der Waals surface area contributed by atoms with Gasteiger partial charge in [0, 0.05) is 29.9 Å². The fourth-order valence-electron chi connectivity index (χ4n) is 2.17. The normalized spacial score (nSPS) is 12.4. The van der Waals surface area contributed by atoms with E-state index in [0.29, 0.717) is 16.9 Å². The Labute approximate surface area is 122 Å². The van der Waals surface area contributed by atoms with Crippen LogP contribution in [0.5, 0.6) is 5.75 Å². The number of rotatable bonds is 4. The average Bonchev–Trinajstić information content (AvgIpc) is 2.42. The highest BCUT2D eigenvalue weighted by molar-refractivity contribution is 5.83. The zero-order chi connectivity index (χ0) is 15.6. The molecule has 0 spiro atoms. The molecule has 1 N–H and O–H groups in total. The van der Waals surface area contributed by atoms with E-state index in [-0.39, 0.29) is 18.8 Å². The highest BCUT2D eigenvalue weighted by Gasteiger charge is 2.14. The number of aryl methyl sites for hydroxylation is 1. The molecule has 2 rings (SSSR count). The number of benzene rings is 1. The van der Waals surface area contributed by atoms with Crippen LogP contribution in [0.25, 0.3) is 11.0 Å². The minimum absolute atomic E-state index is 0.247. The third-order valence-corrected chi connectivity index (χ3v) is 3.28. The van der Waals surface area contributed by atoms with E-state index in [1.165, 1.54) is 6.07 Å². The van der Waals surface area contributed by atoms with Crippen molar-refractivity contribution in [1.29, 1.82) is 0 Å². The Hall–Kier alpha value is -2.14. The maximum absolute atomic E-state index is 12.0. The molecule has 2 aromatic rings. The van der Waals surface area contributed by atoms with Gasteiger partial charge in [-0.05, 0) is 31.5 Å². The summed E-state index contributed by atoms with van der Waals surface area (Å²) in [4.78, 5) is 23.3. The Kier molecular flexibility index (Phi) is 4.43. The van der Waals surface area contributed by atoms with Crippen LogP contribution >= 0.6 is 0 Å². The molecule has 0 saturated carbocycles. The topological polar surface area (TPSA) is 76.7 Å². The molecular formula is C16H18O5. The monoisotopic (exact) mass is 290 g/mol. The summed E-state index contributed by atoms with van der Waals surface area (Å²) in [5.74, 6) is -0.000629. The number of aliphatic hydroxyl groups is 1. The molecule has 0 amide bonds. The predicted octanol–water partition coefficient (Wildman–Crippen LogP) is 2.34. The second-order valence-corrected chi connectivity index (χ2v) is 5.03. The molecule has 1 heterocycles. The van der Waals surface area contributed by atoms with E-state index in [2.05, 4.69) is 0 Å². The molecule has 0 aliphatic carbocycles. The van der Waals surface area contributed by atoms with Crippen molar-refractivity contribution in [2.24, 2.45) is 0 Å². The van der Waals surface area contributed by atoms with Gasteiger partial charge in [-0.15, -0.1) is 0 Å². The van der Waals surface area contributed by atoms with Crippen LogP contribution in [-0.2, 0) is 11.2 Å². The first-order chi connectivity index (χ1) is 9.92. The first-order valence-corrected chi connectivity index (χ1v) is 6.87. The summed E-state index contributed by atoms with van der Waals surface area (Å²) in [7, 11) is 0. The smallest absolute Gasteiger partial charge is 0.339 e. The first-order valence-electron chi connectivity index (χ1n) is 6.87. The molecule has 1 atom stereocenters. The molecule has 1 aromatic heterocycles. The summed E-state index contributed by atoms with van der Waals surface area (Å²) in [5.41, 5.74) is 1.14. The number of ether oxygens (including phenoxy) is 1. The maximum Gasteiger partial charge on any atom is 0.339 e. The molecule has 5 heteroatoms. The van der Waals surface area contributed by atoms with Gasteiger partial charge in [-0.3, -0.25) is 4.79 Å². The van der Waals surface area contributed by atoms with Crippen LogP contribution in [0.1, 0.15) is 31.4 Å². The van der Waals surface area contributed by atoms with Crippen LogP contribution in [0.15, 0.2) is 27.4 Å². The number of hydrogen-bond acceptors (Lipinski definition) is 5. The van der Waals surface area contributed by atoms with Gasteiger partial charge in [0.1, 0.15) is 11.3 Å². The number of esters is 1. The fraction of sp³-hybridized carbons (Fsp3) is 0.375. The van der Waals surface area contributed by atoms with Crippen molar-refractivity contribution in [3.8, 4) is 5.75 Å².